The second-order valence-corrected chi connectivity index (χ2v) is 7.68. The number of hydrogen-bond acceptors (Lipinski definition) is 4. The Morgan fingerprint density at radius 2 is 1.63 bits per heavy atom. The SMILES string of the molecule is O=C(Nc1ccccc1Oc1ccccc1Cl)N1CCN(C(=O)[C@@H]2CCCO2)CC1. The average molecular weight is 430 g/mol. The van der Waals surface area contributed by atoms with Crippen molar-refractivity contribution in [2.45, 2.75) is 18.9 Å². The third-order valence-corrected chi connectivity index (χ3v) is 5.58. The first-order valence-corrected chi connectivity index (χ1v) is 10.5. The maximum absolute atomic E-state index is 12.8. The Kier molecular flexibility index (Phi) is 6.40. The summed E-state index contributed by atoms with van der Waals surface area (Å²) in [5.41, 5.74) is 0.556. The highest BCUT2D eigenvalue weighted by atomic mass is 35.5. The molecule has 3 amide bonds. The number of halogens is 1. The van der Waals surface area contributed by atoms with Crippen molar-refractivity contribution in [3.05, 3.63) is 53.6 Å². The molecule has 1 N–H and O–H groups in total. The third kappa shape index (κ3) is 4.68. The summed E-state index contributed by atoms with van der Waals surface area (Å²) in [4.78, 5) is 28.7. The summed E-state index contributed by atoms with van der Waals surface area (Å²) < 4.78 is 11.4. The highest BCUT2D eigenvalue weighted by molar-refractivity contribution is 6.32. The standard InChI is InChI=1S/C22H24ClN3O4/c23-16-6-1-3-8-18(16)30-19-9-4-2-7-17(19)24-22(28)26-13-11-25(12-14-26)21(27)20-10-5-15-29-20/h1-4,6-9,20H,5,10-15H2,(H,24,28)/t20-/m0/s1. The van der Waals surface area contributed by atoms with Gasteiger partial charge in [-0.3, -0.25) is 4.79 Å². The van der Waals surface area contributed by atoms with Gasteiger partial charge in [-0.05, 0) is 37.1 Å². The van der Waals surface area contributed by atoms with E-state index < -0.39 is 0 Å². The molecule has 2 aliphatic rings. The number of piperazine rings is 1. The minimum absolute atomic E-state index is 0.0334. The van der Waals surface area contributed by atoms with Gasteiger partial charge in [0.2, 0.25) is 0 Å². The summed E-state index contributed by atoms with van der Waals surface area (Å²) in [5, 5.41) is 3.40. The molecule has 4 rings (SSSR count). The second kappa shape index (κ2) is 9.36. The van der Waals surface area contributed by atoms with Gasteiger partial charge in [-0.1, -0.05) is 35.9 Å². The summed E-state index contributed by atoms with van der Waals surface area (Å²) in [6.07, 6.45) is 1.38. The van der Waals surface area contributed by atoms with E-state index in [0.717, 1.165) is 12.8 Å². The van der Waals surface area contributed by atoms with Crippen LogP contribution < -0.4 is 10.1 Å². The number of hydrogen-bond donors (Lipinski definition) is 1. The van der Waals surface area contributed by atoms with Crippen LogP contribution in [0.5, 0.6) is 11.5 Å². The van der Waals surface area contributed by atoms with E-state index in [-0.39, 0.29) is 18.0 Å². The molecule has 0 radical (unpaired) electrons. The number of rotatable bonds is 4. The summed E-state index contributed by atoms with van der Waals surface area (Å²) in [6, 6.07) is 14.2. The Labute approximate surface area is 180 Å². The fourth-order valence-corrected chi connectivity index (χ4v) is 3.78. The van der Waals surface area contributed by atoms with E-state index in [0.29, 0.717) is 55.0 Å². The Balaban J connectivity index is 1.36. The van der Waals surface area contributed by atoms with Crippen LogP contribution in [0.4, 0.5) is 10.5 Å². The number of anilines is 1. The number of nitrogens with one attached hydrogen (secondary N) is 1. The van der Waals surface area contributed by atoms with E-state index in [2.05, 4.69) is 5.32 Å². The highest BCUT2D eigenvalue weighted by Crippen LogP contribution is 2.33. The quantitative estimate of drug-likeness (QED) is 0.797. The molecule has 0 spiro atoms. The van der Waals surface area contributed by atoms with Crippen LogP contribution in [0.25, 0.3) is 0 Å². The predicted octanol–water partition coefficient (Wildman–Crippen LogP) is 3.99. The van der Waals surface area contributed by atoms with Crippen LogP contribution in [0.2, 0.25) is 5.02 Å². The minimum atomic E-state index is -0.320. The number of para-hydroxylation sites is 3. The lowest BCUT2D eigenvalue weighted by Gasteiger charge is -2.35. The van der Waals surface area contributed by atoms with Crippen LogP contribution in [0.3, 0.4) is 0 Å². The maximum atomic E-state index is 12.8. The molecule has 0 unspecified atom stereocenters. The van der Waals surface area contributed by atoms with E-state index in [1.165, 1.54) is 0 Å². The molecule has 30 heavy (non-hydrogen) atoms. The first kappa shape index (κ1) is 20.5. The van der Waals surface area contributed by atoms with Gasteiger partial charge in [0.1, 0.15) is 11.9 Å². The number of ether oxygens (including phenoxy) is 2. The number of nitrogens with zero attached hydrogens (tertiary/aromatic N) is 2. The van der Waals surface area contributed by atoms with Crippen LogP contribution in [0.1, 0.15) is 12.8 Å². The van der Waals surface area contributed by atoms with Gasteiger partial charge in [0, 0.05) is 32.8 Å². The molecular formula is C22H24ClN3O4. The fourth-order valence-electron chi connectivity index (χ4n) is 3.61. The molecule has 2 aromatic rings. The molecule has 2 saturated heterocycles. The Morgan fingerprint density at radius 3 is 2.33 bits per heavy atom. The Bertz CT molecular complexity index is 909. The van der Waals surface area contributed by atoms with Crippen molar-refractivity contribution in [3.63, 3.8) is 0 Å². The van der Waals surface area contributed by atoms with Crippen molar-refractivity contribution in [1.82, 2.24) is 9.80 Å². The van der Waals surface area contributed by atoms with Gasteiger partial charge < -0.3 is 24.6 Å². The molecule has 1 atom stereocenters. The normalized spacial score (nSPS) is 18.9. The molecular weight excluding hydrogens is 406 g/mol. The first-order valence-electron chi connectivity index (χ1n) is 10.1. The van der Waals surface area contributed by atoms with E-state index in [9.17, 15) is 9.59 Å². The molecule has 0 bridgehead atoms. The van der Waals surface area contributed by atoms with Crippen LogP contribution in [0, 0.1) is 0 Å². The minimum Gasteiger partial charge on any atom is -0.454 e. The number of carbonyl (C=O) groups excluding carboxylic acids is 2. The van der Waals surface area contributed by atoms with Crippen molar-refractivity contribution in [1.29, 1.82) is 0 Å². The number of amides is 3. The molecule has 2 fully saturated rings. The van der Waals surface area contributed by atoms with Gasteiger partial charge in [0.05, 0.1) is 10.7 Å². The van der Waals surface area contributed by atoms with Gasteiger partial charge >= 0.3 is 6.03 Å². The molecule has 0 saturated carbocycles. The summed E-state index contributed by atoms with van der Waals surface area (Å²) in [5.74, 6) is 1.05. The molecule has 2 aliphatic heterocycles. The monoisotopic (exact) mass is 429 g/mol. The van der Waals surface area contributed by atoms with Gasteiger partial charge in [-0.25, -0.2) is 4.79 Å². The smallest absolute Gasteiger partial charge is 0.322 e. The van der Waals surface area contributed by atoms with Crippen molar-refractivity contribution >= 4 is 29.2 Å². The summed E-state index contributed by atoms with van der Waals surface area (Å²) in [7, 11) is 0. The molecule has 0 aromatic heterocycles. The lowest BCUT2D eigenvalue weighted by atomic mass is 10.2. The van der Waals surface area contributed by atoms with Gasteiger partial charge in [0.15, 0.2) is 5.75 Å². The van der Waals surface area contributed by atoms with Gasteiger partial charge in [0.25, 0.3) is 5.91 Å². The molecule has 0 aliphatic carbocycles. The molecule has 2 aromatic carbocycles. The van der Waals surface area contributed by atoms with Crippen LogP contribution in [-0.2, 0) is 9.53 Å². The van der Waals surface area contributed by atoms with E-state index >= 15 is 0 Å². The van der Waals surface area contributed by atoms with Crippen molar-refractivity contribution < 1.29 is 19.1 Å². The second-order valence-electron chi connectivity index (χ2n) is 7.27. The third-order valence-electron chi connectivity index (χ3n) is 5.27. The van der Waals surface area contributed by atoms with E-state index in [1.54, 1.807) is 34.1 Å². The lowest BCUT2D eigenvalue weighted by molar-refractivity contribution is -0.142. The fraction of sp³-hybridized carbons (Fsp3) is 0.364. The number of urea groups is 1. The predicted molar refractivity (Wildman–Crippen MR) is 114 cm³/mol. The summed E-state index contributed by atoms with van der Waals surface area (Å²) >= 11 is 6.18. The molecule has 8 heteroatoms. The Hall–Kier alpha value is -2.77. The topological polar surface area (TPSA) is 71.1 Å². The molecule has 2 heterocycles. The van der Waals surface area contributed by atoms with Crippen LogP contribution >= 0.6 is 11.6 Å². The zero-order valence-electron chi connectivity index (χ0n) is 16.6. The van der Waals surface area contributed by atoms with Crippen LogP contribution in [0.15, 0.2) is 48.5 Å². The van der Waals surface area contributed by atoms with Gasteiger partial charge in [-0.2, -0.15) is 0 Å². The largest absolute Gasteiger partial charge is 0.454 e. The average Bonchev–Trinajstić information content (AvgIpc) is 3.31. The van der Waals surface area contributed by atoms with Crippen molar-refractivity contribution in [2.24, 2.45) is 0 Å². The van der Waals surface area contributed by atoms with E-state index in [4.69, 9.17) is 21.1 Å². The lowest BCUT2D eigenvalue weighted by Crippen LogP contribution is -2.53. The zero-order valence-corrected chi connectivity index (χ0v) is 17.3. The van der Waals surface area contributed by atoms with Crippen molar-refractivity contribution in [2.75, 3.05) is 38.1 Å². The number of benzene rings is 2. The van der Waals surface area contributed by atoms with Crippen molar-refractivity contribution in [3.8, 4) is 11.5 Å². The number of carbonyl (C=O) groups is 2. The molecule has 158 valence electrons. The Morgan fingerprint density at radius 1 is 0.967 bits per heavy atom. The maximum Gasteiger partial charge on any atom is 0.322 e. The first-order chi connectivity index (χ1) is 14.6. The zero-order chi connectivity index (χ0) is 20.9. The van der Waals surface area contributed by atoms with E-state index in [1.807, 2.05) is 24.3 Å². The van der Waals surface area contributed by atoms with Crippen LogP contribution in [-0.4, -0.2) is 60.6 Å². The highest BCUT2D eigenvalue weighted by Gasteiger charge is 2.31. The molecule has 7 nitrogen and oxygen atoms in total. The summed E-state index contributed by atoms with van der Waals surface area (Å²) in [6.45, 7) is 2.60. The van der Waals surface area contributed by atoms with Gasteiger partial charge in [-0.15, -0.1) is 0 Å².